The van der Waals surface area contributed by atoms with Crippen molar-refractivity contribution in [3.8, 4) is 0 Å². The van der Waals surface area contributed by atoms with Crippen molar-refractivity contribution in [1.82, 2.24) is 10.2 Å². The molecule has 4 nitrogen and oxygen atoms in total. The second-order valence-corrected chi connectivity index (χ2v) is 9.26. The zero-order valence-electron chi connectivity index (χ0n) is 16.2. The first-order chi connectivity index (χ1) is 13.6. The standard InChI is InChI=1S/C22H25N3OS2/c1-24(2)17-7-5-16(6-8-17)14-23-21(26)15-25-11-9-19-18(10-13-28-19)22(25)20-4-3-12-27-20/h3-8,10,12-13,22H,9,11,14-15H2,1-2H3,(H,23,26)/t22-/m0/s1. The Hall–Kier alpha value is -2.15. The fourth-order valence-corrected chi connectivity index (χ4v) is 5.45. The Morgan fingerprint density at radius 3 is 2.68 bits per heavy atom. The molecule has 146 valence electrons. The van der Waals surface area contributed by atoms with Crippen molar-refractivity contribution in [3.05, 3.63) is 74.1 Å². The number of benzene rings is 1. The van der Waals surface area contributed by atoms with Crippen LogP contribution in [0.2, 0.25) is 0 Å². The molecule has 0 radical (unpaired) electrons. The van der Waals surface area contributed by atoms with Crippen LogP contribution in [0, 0.1) is 0 Å². The average Bonchev–Trinajstić information content (AvgIpc) is 3.38. The maximum Gasteiger partial charge on any atom is 0.234 e. The fraction of sp³-hybridized carbons (Fsp3) is 0.318. The topological polar surface area (TPSA) is 35.6 Å². The van der Waals surface area contributed by atoms with E-state index in [0.29, 0.717) is 13.1 Å². The maximum absolute atomic E-state index is 12.7. The van der Waals surface area contributed by atoms with Crippen molar-refractivity contribution in [1.29, 1.82) is 0 Å². The predicted molar refractivity (Wildman–Crippen MR) is 118 cm³/mol. The van der Waals surface area contributed by atoms with Crippen LogP contribution in [0.5, 0.6) is 0 Å². The van der Waals surface area contributed by atoms with Gasteiger partial charge < -0.3 is 10.2 Å². The Morgan fingerprint density at radius 2 is 1.96 bits per heavy atom. The first kappa shape index (κ1) is 19.2. The number of hydrogen-bond acceptors (Lipinski definition) is 5. The second kappa shape index (κ2) is 8.47. The molecule has 0 saturated heterocycles. The number of nitrogens with zero attached hydrogens (tertiary/aromatic N) is 2. The summed E-state index contributed by atoms with van der Waals surface area (Å²) in [7, 11) is 4.05. The first-order valence-electron chi connectivity index (χ1n) is 9.48. The van der Waals surface area contributed by atoms with Gasteiger partial charge in [0, 0.05) is 42.6 Å². The molecule has 1 aliphatic rings. The van der Waals surface area contributed by atoms with Crippen LogP contribution in [0.25, 0.3) is 0 Å². The molecule has 28 heavy (non-hydrogen) atoms. The number of nitrogens with one attached hydrogen (secondary N) is 1. The van der Waals surface area contributed by atoms with Gasteiger partial charge in [0.05, 0.1) is 12.6 Å². The molecule has 0 bridgehead atoms. The number of thiophene rings is 2. The van der Waals surface area contributed by atoms with Gasteiger partial charge in [0.1, 0.15) is 0 Å². The summed E-state index contributed by atoms with van der Waals surface area (Å²) in [5.41, 5.74) is 3.65. The molecule has 0 aliphatic carbocycles. The first-order valence-corrected chi connectivity index (χ1v) is 11.2. The van der Waals surface area contributed by atoms with E-state index in [4.69, 9.17) is 0 Å². The van der Waals surface area contributed by atoms with Gasteiger partial charge in [-0.2, -0.15) is 0 Å². The van der Waals surface area contributed by atoms with E-state index in [1.807, 2.05) is 25.4 Å². The van der Waals surface area contributed by atoms with Crippen LogP contribution >= 0.6 is 22.7 Å². The molecule has 1 aliphatic heterocycles. The molecule has 2 aromatic heterocycles. The Kier molecular flexibility index (Phi) is 5.80. The lowest BCUT2D eigenvalue weighted by molar-refractivity contribution is -0.122. The van der Waals surface area contributed by atoms with Gasteiger partial charge in [-0.05, 0) is 52.6 Å². The van der Waals surface area contributed by atoms with Crippen molar-refractivity contribution in [2.75, 3.05) is 32.1 Å². The number of fused-ring (bicyclic) bond motifs is 1. The summed E-state index contributed by atoms with van der Waals surface area (Å²) in [5, 5.41) is 7.38. The van der Waals surface area contributed by atoms with Gasteiger partial charge in [-0.25, -0.2) is 0 Å². The normalized spacial score (nSPS) is 16.6. The molecule has 4 rings (SSSR count). The molecule has 3 heterocycles. The van der Waals surface area contributed by atoms with Gasteiger partial charge in [-0.1, -0.05) is 18.2 Å². The van der Waals surface area contributed by atoms with Crippen LogP contribution in [0.4, 0.5) is 5.69 Å². The summed E-state index contributed by atoms with van der Waals surface area (Å²) >= 11 is 3.60. The molecular weight excluding hydrogens is 386 g/mol. The zero-order valence-corrected chi connectivity index (χ0v) is 17.9. The monoisotopic (exact) mass is 411 g/mol. The number of rotatable bonds is 6. The van der Waals surface area contributed by atoms with E-state index in [2.05, 4.69) is 68.3 Å². The lowest BCUT2D eigenvalue weighted by Gasteiger charge is -2.34. The molecule has 3 aromatic rings. The van der Waals surface area contributed by atoms with Crippen molar-refractivity contribution >= 4 is 34.3 Å². The summed E-state index contributed by atoms with van der Waals surface area (Å²) < 4.78 is 0. The second-order valence-electron chi connectivity index (χ2n) is 7.28. The molecule has 6 heteroatoms. The van der Waals surface area contributed by atoms with Crippen LogP contribution < -0.4 is 10.2 Å². The van der Waals surface area contributed by atoms with Gasteiger partial charge in [-0.3, -0.25) is 9.69 Å². The van der Waals surface area contributed by atoms with Crippen molar-refractivity contribution < 1.29 is 4.79 Å². The summed E-state index contributed by atoms with van der Waals surface area (Å²) in [6.07, 6.45) is 1.02. The minimum absolute atomic E-state index is 0.0805. The lowest BCUT2D eigenvalue weighted by Crippen LogP contribution is -2.42. The lowest BCUT2D eigenvalue weighted by atomic mass is 9.98. The van der Waals surface area contributed by atoms with E-state index in [-0.39, 0.29) is 11.9 Å². The van der Waals surface area contributed by atoms with Crippen LogP contribution in [-0.2, 0) is 17.8 Å². The number of amides is 1. The summed E-state index contributed by atoms with van der Waals surface area (Å²) in [4.78, 5) is 19.8. The number of carbonyl (C=O) groups excluding carboxylic acids is 1. The third-order valence-electron chi connectivity index (χ3n) is 5.17. The molecule has 1 amide bonds. The predicted octanol–water partition coefficient (Wildman–Crippen LogP) is 4.14. The van der Waals surface area contributed by atoms with Gasteiger partial charge in [-0.15, -0.1) is 22.7 Å². The van der Waals surface area contributed by atoms with Gasteiger partial charge >= 0.3 is 0 Å². The Morgan fingerprint density at radius 1 is 1.14 bits per heavy atom. The molecule has 0 unspecified atom stereocenters. The van der Waals surface area contributed by atoms with E-state index < -0.39 is 0 Å². The summed E-state index contributed by atoms with van der Waals surface area (Å²) in [6, 6.07) is 15.0. The van der Waals surface area contributed by atoms with Crippen LogP contribution in [0.3, 0.4) is 0 Å². The van der Waals surface area contributed by atoms with Crippen molar-refractivity contribution in [2.24, 2.45) is 0 Å². The highest BCUT2D eigenvalue weighted by Crippen LogP contribution is 2.39. The average molecular weight is 412 g/mol. The molecule has 0 fully saturated rings. The van der Waals surface area contributed by atoms with E-state index >= 15 is 0 Å². The van der Waals surface area contributed by atoms with Crippen LogP contribution in [0.1, 0.15) is 26.9 Å². The zero-order chi connectivity index (χ0) is 19.5. The fourth-order valence-electron chi connectivity index (χ4n) is 3.67. The van der Waals surface area contributed by atoms with Gasteiger partial charge in [0.15, 0.2) is 0 Å². The molecule has 1 atom stereocenters. The third kappa shape index (κ3) is 4.14. The van der Waals surface area contributed by atoms with Crippen molar-refractivity contribution in [2.45, 2.75) is 19.0 Å². The smallest absolute Gasteiger partial charge is 0.234 e. The molecule has 1 N–H and O–H groups in total. The highest BCUT2D eigenvalue weighted by atomic mass is 32.1. The minimum atomic E-state index is 0.0805. The van der Waals surface area contributed by atoms with Gasteiger partial charge in [0.25, 0.3) is 0 Å². The van der Waals surface area contributed by atoms with E-state index in [9.17, 15) is 4.79 Å². The Labute approximate surface area is 174 Å². The Bertz CT molecular complexity index is 916. The Balaban J connectivity index is 1.40. The number of hydrogen-bond donors (Lipinski definition) is 1. The van der Waals surface area contributed by atoms with E-state index in [0.717, 1.165) is 24.2 Å². The van der Waals surface area contributed by atoms with E-state index in [1.54, 1.807) is 11.3 Å². The quantitative estimate of drug-likeness (QED) is 0.662. The summed E-state index contributed by atoms with van der Waals surface area (Å²) in [5.74, 6) is 0.0805. The molecule has 1 aromatic carbocycles. The number of carbonyl (C=O) groups is 1. The van der Waals surface area contributed by atoms with E-state index in [1.165, 1.54) is 15.3 Å². The van der Waals surface area contributed by atoms with Crippen molar-refractivity contribution in [3.63, 3.8) is 0 Å². The summed E-state index contributed by atoms with van der Waals surface area (Å²) in [6.45, 7) is 1.91. The molecule has 0 spiro atoms. The minimum Gasteiger partial charge on any atom is -0.378 e. The van der Waals surface area contributed by atoms with Crippen LogP contribution in [-0.4, -0.2) is 38.0 Å². The largest absolute Gasteiger partial charge is 0.378 e. The SMILES string of the molecule is CN(C)c1ccc(CNC(=O)CN2CCc3sccc3[C@H]2c2cccs2)cc1. The highest BCUT2D eigenvalue weighted by molar-refractivity contribution is 7.10. The molecular formula is C22H25N3OS2. The van der Waals surface area contributed by atoms with Gasteiger partial charge in [0.2, 0.25) is 5.91 Å². The highest BCUT2D eigenvalue weighted by Gasteiger charge is 2.31. The maximum atomic E-state index is 12.7. The molecule has 0 saturated carbocycles. The number of anilines is 1. The third-order valence-corrected chi connectivity index (χ3v) is 7.09. The van der Waals surface area contributed by atoms with Crippen LogP contribution in [0.15, 0.2) is 53.2 Å².